The highest BCUT2D eigenvalue weighted by Crippen LogP contribution is 2.31. The Kier molecular flexibility index (Phi) is 8.59. The quantitative estimate of drug-likeness (QED) is 0.537. The Morgan fingerprint density at radius 2 is 1.87 bits per heavy atom. The monoisotopic (exact) mass is 468 g/mol. The van der Waals surface area contributed by atoms with E-state index >= 15 is 0 Å². The van der Waals surface area contributed by atoms with Crippen molar-refractivity contribution in [2.45, 2.75) is 33.2 Å². The van der Waals surface area contributed by atoms with Crippen LogP contribution < -0.4 is 19.1 Å². The third kappa shape index (κ3) is 6.51. The maximum absolute atomic E-state index is 12.8. The van der Waals surface area contributed by atoms with Crippen LogP contribution in [0.5, 0.6) is 11.5 Å². The van der Waals surface area contributed by atoms with Crippen LogP contribution in [0, 0.1) is 13.8 Å². The van der Waals surface area contributed by atoms with E-state index in [1.54, 1.807) is 19.1 Å². The minimum absolute atomic E-state index is 0.240. The van der Waals surface area contributed by atoms with Crippen molar-refractivity contribution in [3.8, 4) is 11.5 Å². The number of ether oxygens (including phenoxy) is 2. The Hall–Kier alpha value is -2.45. The number of hydrogen-bond acceptors (Lipinski definition) is 5. The highest BCUT2D eigenvalue weighted by atomic mass is 35.5. The van der Waals surface area contributed by atoms with E-state index in [2.05, 4.69) is 5.32 Å². The van der Waals surface area contributed by atoms with Crippen LogP contribution in [-0.2, 0) is 14.8 Å². The predicted molar refractivity (Wildman–Crippen MR) is 124 cm³/mol. The molecule has 0 spiro atoms. The molecule has 0 radical (unpaired) electrons. The number of carbonyl (C=O) groups is 1. The van der Waals surface area contributed by atoms with E-state index in [1.165, 1.54) is 13.2 Å². The van der Waals surface area contributed by atoms with Crippen molar-refractivity contribution in [3.05, 3.63) is 52.5 Å². The molecule has 31 heavy (non-hydrogen) atoms. The molecule has 0 aliphatic heterocycles. The molecule has 2 aromatic carbocycles. The van der Waals surface area contributed by atoms with Gasteiger partial charge in [0.15, 0.2) is 0 Å². The Labute approximate surface area is 189 Å². The summed E-state index contributed by atoms with van der Waals surface area (Å²) in [6, 6.07) is 9.58. The summed E-state index contributed by atoms with van der Waals surface area (Å²) in [6.07, 6.45) is 1.34. The van der Waals surface area contributed by atoms with Crippen molar-refractivity contribution >= 4 is 33.2 Å². The fourth-order valence-electron chi connectivity index (χ4n) is 3.17. The second-order valence-corrected chi connectivity index (χ2v) is 9.48. The summed E-state index contributed by atoms with van der Waals surface area (Å²) < 4.78 is 37.0. The number of methoxy groups -OCH3 is 1. The van der Waals surface area contributed by atoms with Crippen molar-refractivity contribution in [3.63, 3.8) is 0 Å². The zero-order valence-electron chi connectivity index (χ0n) is 18.4. The van der Waals surface area contributed by atoms with Crippen molar-refractivity contribution in [2.75, 3.05) is 30.8 Å². The van der Waals surface area contributed by atoms with Gasteiger partial charge in [-0.25, -0.2) is 8.42 Å². The van der Waals surface area contributed by atoms with Crippen molar-refractivity contribution in [1.29, 1.82) is 0 Å². The van der Waals surface area contributed by atoms with Gasteiger partial charge in [0.25, 0.3) is 0 Å². The van der Waals surface area contributed by atoms with Crippen molar-refractivity contribution in [1.82, 2.24) is 5.32 Å². The Morgan fingerprint density at radius 3 is 2.45 bits per heavy atom. The van der Waals surface area contributed by atoms with Crippen molar-refractivity contribution < 1.29 is 22.7 Å². The highest BCUT2D eigenvalue weighted by Gasteiger charge is 2.31. The van der Waals surface area contributed by atoms with Gasteiger partial charge in [-0.05, 0) is 55.7 Å². The van der Waals surface area contributed by atoms with Gasteiger partial charge >= 0.3 is 0 Å². The van der Waals surface area contributed by atoms with Gasteiger partial charge in [-0.2, -0.15) is 0 Å². The van der Waals surface area contributed by atoms with E-state index in [0.29, 0.717) is 11.4 Å². The number of amides is 1. The molecule has 0 aliphatic rings. The second-order valence-electron chi connectivity index (χ2n) is 7.21. The summed E-state index contributed by atoms with van der Waals surface area (Å²) in [7, 11) is -2.28. The lowest BCUT2D eigenvalue weighted by atomic mass is 10.1. The molecule has 1 N–H and O–H groups in total. The lowest BCUT2D eigenvalue weighted by Gasteiger charge is -2.30. The molecule has 9 heteroatoms. The van der Waals surface area contributed by atoms with Crippen LogP contribution in [0.2, 0.25) is 5.02 Å². The van der Waals surface area contributed by atoms with Gasteiger partial charge in [0, 0.05) is 0 Å². The van der Waals surface area contributed by atoms with Crippen LogP contribution >= 0.6 is 11.6 Å². The van der Waals surface area contributed by atoms with E-state index in [9.17, 15) is 13.2 Å². The largest absolute Gasteiger partial charge is 0.495 e. The molecule has 0 fully saturated rings. The molecular formula is C22H29ClN2O5S. The molecule has 0 saturated heterocycles. The number of nitrogens with zero attached hydrogens (tertiary/aromatic N) is 1. The first-order valence-corrected chi connectivity index (χ1v) is 12.1. The summed E-state index contributed by atoms with van der Waals surface area (Å²) in [5.74, 6) is 0.760. The molecule has 1 unspecified atom stereocenters. The number of hydrogen-bond donors (Lipinski definition) is 1. The topological polar surface area (TPSA) is 84.9 Å². The molecule has 0 bridgehead atoms. The molecule has 0 aliphatic carbocycles. The van der Waals surface area contributed by atoms with Gasteiger partial charge in [0.2, 0.25) is 15.9 Å². The molecule has 0 aromatic heterocycles. The summed E-state index contributed by atoms with van der Waals surface area (Å²) in [5.41, 5.74) is 2.38. The van der Waals surface area contributed by atoms with Crippen LogP contribution in [0.15, 0.2) is 36.4 Å². The van der Waals surface area contributed by atoms with E-state index in [4.69, 9.17) is 21.1 Å². The standard InChI is InChI=1S/C22H29ClN2O5S/c1-6-19(22(26)24-11-12-30-21-13-15(2)7-8-16(21)3)25(31(5,27)28)17-9-10-20(29-4)18(23)14-17/h7-10,13-14,19H,6,11-12H2,1-5H3,(H,24,26). The molecular weight excluding hydrogens is 440 g/mol. The average molecular weight is 469 g/mol. The van der Waals surface area contributed by atoms with E-state index in [-0.39, 0.29) is 24.6 Å². The number of sulfonamides is 1. The van der Waals surface area contributed by atoms with Gasteiger partial charge in [-0.15, -0.1) is 0 Å². The highest BCUT2D eigenvalue weighted by molar-refractivity contribution is 7.92. The third-order valence-electron chi connectivity index (χ3n) is 4.72. The number of nitrogens with one attached hydrogen (secondary N) is 1. The van der Waals surface area contributed by atoms with E-state index in [1.807, 2.05) is 32.0 Å². The summed E-state index contributed by atoms with van der Waals surface area (Å²) in [5, 5.41) is 3.03. The van der Waals surface area contributed by atoms with Crippen LogP contribution in [0.4, 0.5) is 5.69 Å². The van der Waals surface area contributed by atoms with E-state index < -0.39 is 22.0 Å². The molecule has 1 atom stereocenters. The first-order chi connectivity index (χ1) is 14.6. The fraction of sp³-hybridized carbons (Fsp3) is 0.409. The normalized spacial score (nSPS) is 12.2. The number of anilines is 1. The number of carbonyl (C=O) groups excluding carboxylic acids is 1. The lowest BCUT2D eigenvalue weighted by molar-refractivity contribution is -0.122. The molecule has 2 aromatic rings. The molecule has 2 rings (SSSR count). The smallest absolute Gasteiger partial charge is 0.244 e. The van der Waals surface area contributed by atoms with Crippen LogP contribution in [0.25, 0.3) is 0 Å². The van der Waals surface area contributed by atoms with Crippen LogP contribution in [-0.4, -0.2) is 46.9 Å². The average Bonchev–Trinajstić information content (AvgIpc) is 2.70. The zero-order chi connectivity index (χ0) is 23.2. The third-order valence-corrected chi connectivity index (χ3v) is 6.20. The van der Waals surface area contributed by atoms with Gasteiger partial charge in [0.1, 0.15) is 24.1 Å². The minimum Gasteiger partial charge on any atom is -0.495 e. The first-order valence-electron chi connectivity index (χ1n) is 9.89. The van der Waals surface area contributed by atoms with Crippen LogP contribution in [0.3, 0.4) is 0 Å². The predicted octanol–water partition coefficient (Wildman–Crippen LogP) is 3.71. The summed E-state index contributed by atoms with van der Waals surface area (Å²) in [4.78, 5) is 12.8. The summed E-state index contributed by atoms with van der Waals surface area (Å²) in [6.45, 7) is 6.18. The Morgan fingerprint density at radius 1 is 1.16 bits per heavy atom. The maximum Gasteiger partial charge on any atom is 0.244 e. The minimum atomic E-state index is -3.75. The second kappa shape index (κ2) is 10.7. The number of benzene rings is 2. The van der Waals surface area contributed by atoms with E-state index in [0.717, 1.165) is 27.4 Å². The lowest BCUT2D eigenvalue weighted by Crippen LogP contribution is -2.50. The molecule has 0 heterocycles. The Bertz CT molecular complexity index is 1030. The molecule has 0 saturated carbocycles. The van der Waals surface area contributed by atoms with Gasteiger partial charge in [0.05, 0.1) is 30.6 Å². The summed E-state index contributed by atoms with van der Waals surface area (Å²) >= 11 is 6.17. The number of aryl methyl sites for hydroxylation is 2. The SMILES string of the molecule is CCC(C(=O)NCCOc1cc(C)ccc1C)N(c1ccc(OC)c(Cl)c1)S(C)(=O)=O. The van der Waals surface area contributed by atoms with Crippen LogP contribution in [0.1, 0.15) is 24.5 Å². The molecule has 170 valence electrons. The first kappa shape index (κ1) is 24.8. The van der Waals surface area contributed by atoms with Gasteiger partial charge in [-0.3, -0.25) is 9.10 Å². The maximum atomic E-state index is 12.8. The zero-order valence-corrected chi connectivity index (χ0v) is 20.0. The van der Waals surface area contributed by atoms with Gasteiger partial charge in [-0.1, -0.05) is 30.7 Å². The van der Waals surface area contributed by atoms with Gasteiger partial charge < -0.3 is 14.8 Å². The Balaban J connectivity index is 2.12. The molecule has 1 amide bonds. The van der Waals surface area contributed by atoms with Crippen molar-refractivity contribution in [2.24, 2.45) is 0 Å². The molecule has 7 nitrogen and oxygen atoms in total. The number of rotatable bonds is 10. The fourth-order valence-corrected chi connectivity index (χ4v) is 4.62. The number of halogens is 1.